The molecule has 4 heteroatoms. The number of rotatable bonds is 0. The minimum Gasteiger partial charge on any atom is -0.388 e. The Bertz CT molecular complexity index is 260. The molecule has 0 radical (unpaired) electrons. The van der Waals surface area contributed by atoms with Crippen molar-refractivity contribution in [2.24, 2.45) is 0 Å². The van der Waals surface area contributed by atoms with Crippen molar-refractivity contribution in [2.75, 3.05) is 6.54 Å². The van der Waals surface area contributed by atoms with Crippen LogP contribution in [0.25, 0.3) is 0 Å². The van der Waals surface area contributed by atoms with Crippen LogP contribution in [0.3, 0.4) is 0 Å². The van der Waals surface area contributed by atoms with Crippen molar-refractivity contribution in [3.63, 3.8) is 0 Å². The zero-order valence-electron chi connectivity index (χ0n) is 9.30. The topological polar surface area (TPSA) is 41.9 Å². The van der Waals surface area contributed by atoms with Crippen molar-refractivity contribution in [3.8, 4) is 0 Å². The Balaban J connectivity index is 1.85. The quantitative estimate of drug-likeness (QED) is 0.630. The second-order valence-corrected chi connectivity index (χ2v) is 4.96. The van der Waals surface area contributed by atoms with Crippen LogP contribution < -0.4 is 0 Å². The van der Waals surface area contributed by atoms with Gasteiger partial charge in [0.05, 0.1) is 18.2 Å². The monoisotopic (exact) mass is 213 g/mol. The van der Waals surface area contributed by atoms with Gasteiger partial charge in [0.1, 0.15) is 18.4 Å². The fraction of sp³-hybridized carbons (Fsp3) is 1.00. The number of hydrogen-bond donors (Lipinski definition) is 1. The maximum absolute atomic E-state index is 10.0. The summed E-state index contributed by atoms with van der Waals surface area (Å²) < 4.78 is 11.7. The van der Waals surface area contributed by atoms with Gasteiger partial charge >= 0.3 is 0 Å². The Morgan fingerprint density at radius 2 is 2.00 bits per heavy atom. The average molecular weight is 213 g/mol. The molecule has 1 N–H and O–H groups in total. The van der Waals surface area contributed by atoms with E-state index in [2.05, 4.69) is 11.8 Å². The molecule has 0 aromatic carbocycles. The maximum Gasteiger partial charge on any atom is 0.111 e. The van der Waals surface area contributed by atoms with Gasteiger partial charge in [-0.3, -0.25) is 4.90 Å². The van der Waals surface area contributed by atoms with Gasteiger partial charge in [0, 0.05) is 6.54 Å². The molecule has 3 aliphatic heterocycles. The van der Waals surface area contributed by atoms with Gasteiger partial charge in [-0.1, -0.05) is 0 Å². The first-order chi connectivity index (χ1) is 7.18. The Hall–Kier alpha value is -0.160. The van der Waals surface area contributed by atoms with Crippen LogP contribution >= 0.6 is 0 Å². The molecule has 0 saturated carbocycles. The third-order valence-corrected chi connectivity index (χ3v) is 4.00. The van der Waals surface area contributed by atoms with Crippen molar-refractivity contribution >= 4 is 0 Å². The van der Waals surface area contributed by atoms with Crippen LogP contribution in [-0.2, 0) is 9.47 Å². The van der Waals surface area contributed by atoms with E-state index < -0.39 is 6.10 Å². The Morgan fingerprint density at radius 1 is 1.20 bits per heavy atom. The molecule has 0 aromatic heterocycles. The van der Waals surface area contributed by atoms with E-state index in [1.807, 2.05) is 6.92 Å². The lowest BCUT2D eigenvalue weighted by Crippen LogP contribution is -2.57. The highest BCUT2D eigenvalue weighted by atomic mass is 16.6. The van der Waals surface area contributed by atoms with Gasteiger partial charge in [0.25, 0.3) is 0 Å². The van der Waals surface area contributed by atoms with Crippen LogP contribution in [0.15, 0.2) is 0 Å². The van der Waals surface area contributed by atoms with E-state index in [0.717, 1.165) is 13.0 Å². The van der Waals surface area contributed by atoms with Gasteiger partial charge in [0.2, 0.25) is 0 Å². The number of hydrogen-bond acceptors (Lipinski definition) is 4. The Morgan fingerprint density at radius 3 is 2.80 bits per heavy atom. The zero-order chi connectivity index (χ0) is 10.6. The molecule has 3 aliphatic rings. The van der Waals surface area contributed by atoms with Crippen molar-refractivity contribution in [1.29, 1.82) is 0 Å². The van der Waals surface area contributed by atoms with Crippen LogP contribution in [0, 0.1) is 0 Å². The standard InChI is InChI=1S/C11H19NO3/c1-6-9-11(10(13)7(2)14-6)15-8-4-3-5-12(8)9/h6-11,13H,3-5H2,1-2H3. The van der Waals surface area contributed by atoms with E-state index >= 15 is 0 Å². The van der Waals surface area contributed by atoms with Crippen molar-refractivity contribution in [3.05, 3.63) is 0 Å². The predicted octanol–water partition coefficient (Wildman–Crippen LogP) is 0.344. The summed E-state index contributed by atoms with van der Waals surface area (Å²) in [7, 11) is 0. The molecule has 0 amide bonds. The fourth-order valence-corrected chi connectivity index (χ4v) is 3.28. The average Bonchev–Trinajstić information content (AvgIpc) is 2.72. The second kappa shape index (κ2) is 3.42. The van der Waals surface area contributed by atoms with Gasteiger partial charge in [-0.2, -0.15) is 0 Å². The first kappa shape index (κ1) is 10.0. The smallest absolute Gasteiger partial charge is 0.111 e. The molecule has 86 valence electrons. The van der Waals surface area contributed by atoms with Gasteiger partial charge in [-0.05, 0) is 26.7 Å². The highest BCUT2D eigenvalue weighted by molar-refractivity contribution is 5.02. The molecule has 6 unspecified atom stereocenters. The minimum atomic E-state index is -0.475. The molecule has 3 rings (SSSR count). The third kappa shape index (κ3) is 1.35. The van der Waals surface area contributed by atoms with Crippen LogP contribution in [0.5, 0.6) is 0 Å². The first-order valence-corrected chi connectivity index (χ1v) is 5.93. The molecule has 0 spiro atoms. The van der Waals surface area contributed by atoms with Crippen LogP contribution in [0.1, 0.15) is 26.7 Å². The first-order valence-electron chi connectivity index (χ1n) is 5.93. The van der Waals surface area contributed by atoms with Crippen molar-refractivity contribution < 1.29 is 14.6 Å². The Kier molecular flexibility index (Phi) is 2.28. The van der Waals surface area contributed by atoms with Crippen LogP contribution in [0.2, 0.25) is 0 Å². The van der Waals surface area contributed by atoms with Crippen LogP contribution in [0.4, 0.5) is 0 Å². The lowest BCUT2D eigenvalue weighted by atomic mass is 9.94. The lowest BCUT2D eigenvalue weighted by molar-refractivity contribution is -0.169. The third-order valence-electron chi connectivity index (χ3n) is 4.00. The minimum absolute atomic E-state index is 0.0472. The number of aliphatic hydroxyl groups is 1. The van der Waals surface area contributed by atoms with Gasteiger partial charge in [-0.15, -0.1) is 0 Å². The highest BCUT2D eigenvalue weighted by Crippen LogP contribution is 2.38. The molecule has 3 fully saturated rings. The fourth-order valence-electron chi connectivity index (χ4n) is 3.28. The largest absolute Gasteiger partial charge is 0.388 e. The maximum atomic E-state index is 10.0. The van der Waals surface area contributed by atoms with Crippen molar-refractivity contribution in [1.82, 2.24) is 4.90 Å². The second-order valence-electron chi connectivity index (χ2n) is 4.96. The molecule has 6 atom stereocenters. The van der Waals surface area contributed by atoms with E-state index in [-0.39, 0.29) is 30.6 Å². The van der Waals surface area contributed by atoms with Crippen molar-refractivity contribution in [2.45, 2.75) is 63.4 Å². The van der Waals surface area contributed by atoms with Gasteiger partial charge in [0.15, 0.2) is 0 Å². The molecule has 3 heterocycles. The number of ether oxygens (including phenoxy) is 2. The highest BCUT2D eigenvalue weighted by Gasteiger charge is 2.53. The van der Waals surface area contributed by atoms with Gasteiger partial charge in [-0.25, -0.2) is 0 Å². The summed E-state index contributed by atoms with van der Waals surface area (Å²) in [4.78, 5) is 2.37. The molecule has 0 aromatic rings. The molecular weight excluding hydrogens is 194 g/mol. The molecule has 3 saturated heterocycles. The van der Waals surface area contributed by atoms with Crippen LogP contribution in [-0.4, -0.2) is 53.2 Å². The summed E-state index contributed by atoms with van der Waals surface area (Å²) in [5.41, 5.74) is 0. The normalized spacial score (nSPS) is 55.4. The SMILES string of the molecule is CC1OC(C)C2C(OC3CCCN32)C1O. The Labute approximate surface area is 90.2 Å². The molecule has 4 nitrogen and oxygen atoms in total. The molecular formula is C11H19NO3. The van der Waals surface area contributed by atoms with Gasteiger partial charge < -0.3 is 14.6 Å². The summed E-state index contributed by atoms with van der Waals surface area (Å²) in [6.45, 7) is 5.09. The number of nitrogens with zero attached hydrogens (tertiary/aromatic N) is 1. The summed E-state index contributed by atoms with van der Waals surface area (Å²) >= 11 is 0. The summed E-state index contributed by atoms with van der Waals surface area (Å²) in [5, 5.41) is 10.0. The predicted molar refractivity (Wildman–Crippen MR) is 54.4 cm³/mol. The summed E-state index contributed by atoms with van der Waals surface area (Å²) in [6.07, 6.45) is 2.06. The zero-order valence-corrected chi connectivity index (χ0v) is 9.30. The lowest BCUT2D eigenvalue weighted by Gasteiger charge is -2.40. The summed E-state index contributed by atoms with van der Waals surface area (Å²) in [5.74, 6) is 0. The van der Waals surface area contributed by atoms with E-state index in [9.17, 15) is 5.11 Å². The molecule has 15 heavy (non-hydrogen) atoms. The van der Waals surface area contributed by atoms with E-state index in [1.54, 1.807) is 0 Å². The molecule has 0 bridgehead atoms. The summed E-state index contributed by atoms with van der Waals surface area (Å²) in [6, 6.07) is 0.253. The van der Waals surface area contributed by atoms with E-state index in [4.69, 9.17) is 9.47 Å². The number of aliphatic hydroxyl groups excluding tert-OH is 1. The van der Waals surface area contributed by atoms with E-state index in [1.165, 1.54) is 6.42 Å². The van der Waals surface area contributed by atoms with E-state index in [0.29, 0.717) is 0 Å². The molecule has 0 aliphatic carbocycles. The number of fused-ring (bicyclic) bond motifs is 3.